The molecule has 0 aliphatic carbocycles. The van der Waals surface area contributed by atoms with E-state index in [0.29, 0.717) is 19.4 Å². The van der Waals surface area contributed by atoms with Gasteiger partial charge in [0.25, 0.3) is 5.91 Å². The second kappa shape index (κ2) is 8.49. The highest BCUT2D eigenvalue weighted by Gasteiger charge is 2.35. The molecule has 2 aromatic heterocycles. The maximum atomic E-state index is 13.3. The third kappa shape index (κ3) is 3.68. The summed E-state index contributed by atoms with van der Waals surface area (Å²) in [7, 11) is 1.65. The molecule has 1 atom stereocenters. The van der Waals surface area contributed by atoms with Crippen LogP contribution in [0.3, 0.4) is 0 Å². The number of allylic oxidation sites excluding steroid dienone is 4. The number of halogens is 1. The molecule has 0 saturated heterocycles. The van der Waals surface area contributed by atoms with Crippen molar-refractivity contribution in [2.75, 3.05) is 6.54 Å². The highest BCUT2D eigenvalue weighted by molar-refractivity contribution is 7.47. The summed E-state index contributed by atoms with van der Waals surface area (Å²) in [5.41, 5.74) is 3.79. The van der Waals surface area contributed by atoms with Crippen molar-refractivity contribution in [3.8, 4) is 0 Å². The van der Waals surface area contributed by atoms with Crippen LogP contribution in [0.15, 0.2) is 46.5 Å². The number of carbonyl (C=O) groups is 1. The third-order valence-electron chi connectivity index (χ3n) is 5.30. The van der Waals surface area contributed by atoms with Crippen LogP contribution < -0.4 is 0 Å². The number of aryl methyl sites for hydroxylation is 1. The number of aromatic nitrogens is 5. The molecule has 4 heterocycles. The van der Waals surface area contributed by atoms with Gasteiger partial charge in [-0.1, -0.05) is 23.5 Å². The van der Waals surface area contributed by atoms with Gasteiger partial charge in [0.1, 0.15) is 0 Å². The van der Waals surface area contributed by atoms with Gasteiger partial charge >= 0.3 is 0 Å². The van der Waals surface area contributed by atoms with Crippen LogP contribution in [0.2, 0.25) is 5.28 Å². The van der Waals surface area contributed by atoms with Crippen molar-refractivity contribution in [1.29, 1.82) is 0 Å². The predicted molar refractivity (Wildman–Crippen MR) is 114 cm³/mol. The summed E-state index contributed by atoms with van der Waals surface area (Å²) in [4.78, 5) is 26.8. The molecule has 0 aromatic carbocycles. The first-order valence-electron chi connectivity index (χ1n) is 9.64. The molecule has 0 spiro atoms. The molecular weight excluding hydrogens is 424 g/mol. The number of carbonyl (C=O) groups excluding carboxylic acids is 1. The van der Waals surface area contributed by atoms with Crippen molar-refractivity contribution in [2.24, 2.45) is 11.5 Å². The summed E-state index contributed by atoms with van der Waals surface area (Å²) >= 11 is 10.9. The molecule has 0 radical (unpaired) electrons. The second-order valence-electron chi connectivity index (χ2n) is 6.99. The van der Waals surface area contributed by atoms with Crippen LogP contribution in [0.4, 0.5) is 0 Å². The van der Waals surface area contributed by atoms with Gasteiger partial charge in [0, 0.05) is 31.4 Å². The SMILES string of the molecule is CCC1=CC=C/C(=C/C[C@H]2c3nc[nH]c3CCN2C(=O)c2nc(Cl)nn2C)N1N=S. The summed E-state index contributed by atoms with van der Waals surface area (Å²) in [6.07, 6.45) is 11.7. The molecule has 11 heteroatoms. The molecule has 1 N–H and O–H groups in total. The molecule has 9 nitrogen and oxygen atoms in total. The first-order chi connectivity index (χ1) is 14.5. The Labute approximate surface area is 184 Å². The van der Waals surface area contributed by atoms with E-state index in [4.69, 9.17) is 24.0 Å². The monoisotopic (exact) mass is 444 g/mol. The van der Waals surface area contributed by atoms with Gasteiger partial charge in [0.15, 0.2) is 0 Å². The van der Waals surface area contributed by atoms with E-state index in [1.54, 1.807) is 23.3 Å². The molecule has 2 aliphatic rings. The largest absolute Gasteiger partial charge is 0.348 e. The third-order valence-corrected chi connectivity index (χ3v) is 5.63. The number of amides is 1. The van der Waals surface area contributed by atoms with Gasteiger partial charge in [-0.05, 0) is 36.6 Å². The summed E-state index contributed by atoms with van der Waals surface area (Å²) in [5, 5.41) is 5.78. The van der Waals surface area contributed by atoms with E-state index in [-0.39, 0.29) is 23.1 Å². The topological polar surface area (TPSA) is 95.3 Å². The molecule has 0 saturated carbocycles. The number of aromatic amines is 1. The van der Waals surface area contributed by atoms with Gasteiger partial charge in [-0.3, -0.25) is 4.79 Å². The minimum atomic E-state index is -0.258. The van der Waals surface area contributed by atoms with E-state index in [9.17, 15) is 4.79 Å². The van der Waals surface area contributed by atoms with Gasteiger partial charge in [0.2, 0.25) is 11.1 Å². The normalized spacial score (nSPS) is 19.8. The summed E-state index contributed by atoms with van der Waals surface area (Å²) in [6, 6.07) is -0.258. The van der Waals surface area contributed by atoms with Crippen molar-refractivity contribution in [3.63, 3.8) is 0 Å². The Kier molecular flexibility index (Phi) is 5.78. The van der Waals surface area contributed by atoms with Crippen LogP contribution in [0.5, 0.6) is 0 Å². The Morgan fingerprint density at radius 2 is 2.33 bits per heavy atom. The van der Waals surface area contributed by atoms with E-state index >= 15 is 0 Å². The minimum Gasteiger partial charge on any atom is -0.348 e. The maximum Gasteiger partial charge on any atom is 0.292 e. The second-order valence-corrected chi connectivity index (χ2v) is 7.49. The van der Waals surface area contributed by atoms with Gasteiger partial charge < -0.3 is 9.88 Å². The average Bonchev–Trinajstić information content (AvgIpc) is 3.36. The van der Waals surface area contributed by atoms with Crippen LogP contribution in [-0.2, 0) is 25.9 Å². The lowest BCUT2D eigenvalue weighted by molar-refractivity contribution is 0.0639. The van der Waals surface area contributed by atoms with Crippen LogP contribution in [-0.4, -0.2) is 47.1 Å². The molecule has 2 aliphatic heterocycles. The number of nitrogens with one attached hydrogen (secondary N) is 1. The van der Waals surface area contributed by atoms with E-state index in [1.165, 1.54) is 4.68 Å². The van der Waals surface area contributed by atoms with Crippen molar-refractivity contribution < 1.29 is 4.79 Å². The van der Waals surface area contributed by atoms with E-state index in [2.05, 4.69) is 31.4 Å². The Bertz CT molecular complexity index is 1070. The number of hydrogen-bond donors (Lipinski definition) is 1. The predicted octanol–water partition coefficient (Wildman–Crippen LogP) is 3.02. The fraction of sp³-hybridized carbons (Fsp3) is 0.368. The molecule has 0 unspecified atom stereocenters. The molecule has 2 aromatic rings. The highest BCUT2D eigenvalue weighted by atomic mass is 35.5. The standard InChI is InChI=1S/C19H21ClN8OS/c1-3-12-5-4-6-13(28(12)25-30)7-8-15-16-14(21-11-22-16)9-10-27(15)18(29)17-23-19(20)24-26(17)2/h4-7,11,15H,3,8-10H2,1-2H3,(H,21,22)/b13-7-/t15-/m0/s1. The smallest absolute Gasteiger partial charge is 0.292 e. The van der Waals surface area contributed by atoms with E-state index < -0.39 is 0 Å². The van der Waals surface area contributed by atoms with Crippen LogP contribution in [0.1, 0.15) is 47.8 Å². The average molecular weight is 445 g/mol. The maximum absolute atomic E-state index is 13.3. The lowest BCUT2D eigenvalue weighted by Gasteiger charge is -2.34. The Morgan fingerprint density at radius 3 is 3.03 bits per heavy atom. The number of imidazole rings is 1. The molecule has 0 fully saturated rings. The fourth-order valence-corrected chi connectivity index (χ4v) is 4.22. The van der Waals surface area contributed by atoms with Crippen LogP contribution in [0, 0.1) is 0 Å². The number of hydrogen-bond acceptors (Lipinski definition) is 6. The lowest BCUT2D eigenvalue weighted by atomic mass is 9.98. The van der Waals surface area contributed by atoms with Crippen molar-refractivity contribution in [1.82, 2.24) is 34.6 Å². The lowest BCUT2D eigenvalue weighted by Crippen LogP contribution is -2.41. The Hall–Kier alpha value is -2.85. The van der Waals surface area contributed by atoms with E-state index in [1.807, 2.05) is 24.3 Å². The molecule has 4 rings (SSSR count). The van der Waals surface area contributed by atoms with Gasteiger partial charge in [0.05, 0.1) is 36.2 Å². The van der Waals surface area contributed by atoms with Crippen molar-refractivity contribution >= 4 is 29.9 Å². The van der Waals surface area contributed by atoms with Crippen molar-refractivity contribution in [2.45, 2.75) is 32.2 Å². The van der Waals surface area contributed by atoms with Gasteiger partial charge in [-0.15, -0.1) is 5.10 Å². The Balaban J connectivity index is 1.65. The number of nitrogens with zero attached hydrogens (tertiary/aromatic N) is 7. The van der Waals surface area contributed by atoms with Crippen LogP contribution >= 0.6 is 11.6 Å². The molecule has 1 amide bonds. The first-order valence-corrected chi connectivity index (χ1v) is 10.4. The summed E-state index contributed by atoms with van der Waals surface area (Å²) in [6.45, 7) is 2.59. The number of rotatable bonds is 5. The molecular formula is C19H21ClN8OS. The van der Waals surface area contributed by atoms with Crippen LogP contribution in [0.25, 0.3) is 0 Å². The molecule has 156 valence electrons. The summed E-state index contributed by atoms with van der Waals surface area (Å²) in [5.74, 6) is -0.0281. The first kappa shape index (κ1) is 20.4. The minimum absolute atomic E-state index is 0.0471. The zero-order valence-electron chi connectivity index (χ0n) is 16.6. The van der Waals surface area contributed by atoms with Gasteiger partial charge in [-0.2, -0.15) is 4.98 Å². The number of fused-ring (bicyclic) bond motifs is 1. The fourth-order valence-electron chi connectivity index (χ4n) is 3.82. The van der Waals surface area contributed by atoms with Gasteiger partial charge in [-0.25, -0.2) is 14.7 Å². The summed E-state index contributed by atoms with van der Waals surface area (Å²) < 4.78 is 5.39. The Morgan fingerprint density at radius 1 is 1.50 bits per heavy atom. The zero-order valence-corrected chi connectivity index (χ0v) is 18.2. The highest BCUT2D eigenvalue weighted by Crippen LogP contribution is 2.33. The zero-order chi connectivity index (χ0) is 21.3. The number of H-pyrrole nitrogens is 1. The van der Waals surface area contributed by atoms with E-state index in [0.717, 1.165) is 29.2 Å². The molecule has 0 bridgehead atoms. The van der Waals surface area contributed by atoms with Crippen molar-refractivity contribution in [3.05, 3.63) is 64.5 Å². The molecule has 30 heavy (non-hydrogen) atoms. The quantitative estimate of drug-likeness (QED) is 0.761.